The second kappa shape index (κ2) is 15.1. The summed E-state index contributed by atoms with van der Waals surface area (Å²) >= 11 is 0. The maximum Gasteiger partial charge on any atom is 0.407 e. The molecule has 40 heavy (non-hydrogen) atoms. The van der Waals surface area contributed by atoms with Gasteiger partial charge in [-0.3, -0.25) is 10.1 Å². The van der Waals surface area contributed by atoms with Crippen LogP contribution in [0.2, 0.25) is 0 Å². The van der Waals surface area contributed by atoms with Crippen LogP contribution in [0.1, 0.15) is 59.4 Å². The number of non-ortho nitro benzene ring substituents is 1. The Labute approximate surface area is 237 Å². The zero-order valence-electron chi connectivity index (χ0n) is 24.1. The summed E-state index contributed by atoms with van der Waals surface area (Å²) in [7, 11) is -4.09. The number of aliphatic hydroxyl groups excluding tert-OH is 1. The van der Waals surface area contributed by atoms with E-state index < -0.39 is 33.2 Å². The van der Waals surface area contributed by atoms with E-state index in [9.17, 15) is 28.4 Å². The van der Waals surface area contributed by atoms with Gasteiger partial charge in [0.15, 0.2) is 0 Å². The Morgan fingerprint density at radius 1 is 1.05 bits per heavy atom. The zero-order chi connectivity index (χ0) is 29.9. The van der Waals surface area contributed by atoms with Crippen LogP contribution >= 0.6 is 0 Å². The van der Waals surface area contributed by atoms with Gasteiger partial charge in [0, 0.05) is 25.2 Å². The van der Waals surface area contributed by atoms with Gasteiger partial charge in [-0.05, 0) is 54.7 Å². The second-order valence-electron chi connectivity index (χ2n) is 11.6. The maximum atomic E-state index is 13.5. The Kier molecular flexibility index (Phi) is 12.5. The fraction of sp³-hybridized carbons (Fsp3) is 0.552. The van der Waals surface area contributed by atoms with Gasteiger partial charge in [-0.2, -0.15) is 4.31 Å². The molecule has 0 aliphatic carbocycles. The van der Waals surface area contributed by atoms with Crippen LogP contribution in [0.5, 0.6) is 0 Å². The van der Waals surface area contributed by atoms with Crippen LogP contribution in [-0.4, -0.2) is 60.7 Å². The molecule has 0 spiro atoms. The summed E-state index contributed by atoms with van der Waals surface area (Å²) in [6.45, 7) is 10.2. The summed E-state index contributed by atoms with van der Waals surface area (Å²) in [5.41, 5.74) is 0.827. The lowest BCUT2D eigenvalue weighted by Crippen LogP contribution is -2.51. The van der Waals surface area contributed by atoms with Gasteiger partial charge >= 0.3 is 6.09 Å². The van der Waals surface area contributed by atoms with Crippen LogP contribution in [0, 0.1) is 21.4 Å². The molecule has 0 radical (unpaired) electrons. The van der Waals surface area contributed by atoms with Crippen molar-refractivity contribution >= 4 is 21.8 Å². The van der Waals surface area contributed by atoms with Crippen LogP contribution in [0.3, 0.4) is 0 Å². The first-order valence-electron chi connectivity index (χ1n) is 13.6. The number of nitrogens with one attached hydrogen (secondary N) is 1. The first kappa shape index (κ1) is 33.2. The fourth-order valence-electron chi connectivity index (χ4n) is 4.17. The van der Waals surface area contributed by atoms with E-state index in [1.165, 1.54) is 12.1 Å². The lowest BCUT2D eigenvalue weighted by atomic mass is 9.90. The summed E-state index contributed by atoms with van der Waals surface area (Å²) < 4.78 is 33.5. The molecular weight excluding hydrogens is 534 g/mol. The molecule has 222 valence electrons. The topological polar surface area (TPSA) is 139 Å². The standard InChI is InChI=1S/C29H43N3O7S/c1-22(2)20-31(40(37,38)25-15-13-24(14-16-25)32(35)36)21-27(33)26(19-23-11-7-6-8-12-23)30-28(34)39-18-10-9-17-29(3,4)5/h6-8,11-16,22,26-27,33H,9-10,17-21H2,1-5H3,(H,30,34)/t26-,27+/m0/s1. The highest BCUT2D eigenvalue weighted by Crippen LogP contribution is 2.23. The molecule has 0 saturated heterocycles. The molecule has 0 unspecified atom stereocenters. The number of carbonyl (C=O) groups excluding carboxylic acids is 1. The number of aliphatic hydroxyl groups is 1. The van der Waals surface area contributed by atoms with Crippen LogP contribution in [0.4, 0.5) is 10.5 Å². The number of carbonyl (C=O) groups is 1. The number of nitro benzene ring substituents is 1. The number of benzene rings is 2. The third-order valence-electron chi connectivity index (χ3n) is 6.27. The van der Waals surface area contributed by atoms with E-state index in [4.69, 9.17) is 4.74 Å². The summed E-state index contributed by atoms with van der Waals surface area (Å²) in [6.07, 6.45) is 0.949. The molecule has 0 saturated carbocycles. The minimum Gasteiger partial charge on any atom is -0.450 e. The number of ether oxygens (including phenoxy) is 1. The van der Waals surface area contributed by atoms with Gasteiger partial charge in [0.1, 0.15) is 0 Å². The third-order valence-corrected chi connectivity index (χ3v) is 8.11. The predicted octanol–water partition coefficient (Wildman–Crippen LogP) is 5.16. The van der Waals surface area contributed by atoms with Gasteiger partial charge in [0.05, 0.1) is 28.6 Å². The monoisotopic (exact) mass is 577 g/mol. The molecule has 2 N–H and O–H groups in total. The number of hydrogen-bond donors (Lipinski definition) is 2. The Morgan fingerprint density at radius 3 is 2.23 bits per heavy atom. The number of alkyl carbamates (subject to hydrolysis) is 1. The average molecular weight is 578 g/mol. The number of rotatable bonds is 15. The minimum atomic E-state index is -4.09. The predicted molar refractivity (Wildman–Crippen MR) is 154 cm³/mol. The number of hydrogen-bond acceptors (Lipinski definition) is 7. The average Bonchev–Trinajstić information content (AvgIpc) is 2.87. The summed E-state index contributed by atoms with van der Waals surface area (Å²) in [6, 6.07) is 13.1. The largest absolute Gasteiger partial charge is 0.450 e. The molecule has 11 heteroatoms. The Hall–Kier alpha value is -3.02. The van der Waals surface area contributed by atoms with E-state index >= 15 is 0 Å². The Balaban J connectivity index is 2.19. The van der Waals surface area contributed by atoms with E-state index in [-0.39, 0.29) is 48.0 Å². The van der Waals surface area contributed by atoms with Gasteiger partial charge in [-0.25, -0.2) is 13.2 Å². The molecule has 0 aliphatic rings. The van der Waals surface area contributed by atoms with Gasteiger partial charge < -0.3 is 15.2 Å². The summed E-state index contributed by atoms with van der Waals surface area (Å²) in [5.74, 6) is -0.0707. The highest BCUT2D eigenvalue weighted by atomic mass is 32.2. The van der Waals surface area contributed by atoms with Crippen molar-refractivity contribution in [3.63, 3.8) is 0 Å². The molecule has 0 aromatic heterocycles. The second-order valence-corrected chi connectivity index (χ2v) is 13.6. The molecule has 2 rings (SSSR count). The summed E-state index contributed by atoms with van der Waals surface area (Å²) in [5, 5.41) is 25.0. The van der Waals surface area contributed by atoms with Gasteiger partial charge in [0.2, 0.25) is 10.0 Å². The minimum absolute atomic E-state index is 0.0707. The van der Waals surface area contributed by atoms with Crippen LogP contribution < -0.4 is 5.32 Å². The molecule has 2 aromatic rings. The number of amides is 1. The van der Waals surface area contributed by atoms with Crippen molar-refractivity contribution < 1.29 is 28.0 Å². The lowest BCUT2D eigenvalue weighted by molar-refractivity contribution is -0.384. The molecular formula is C29H43N3O7S. The van der Waals surface area contributed by atoms with Crippen molar-refractivity contribution in [1.82, 2.24) is 9.62 Å². The van der Waals surface area contributed by atoms with Crippen LogP contribution in [-0.2, 0) is 21.2 Å². The zero-order valence-corrected chi connectivity index (χ0v) is 24.9. The molecule has 0 bridgehead atoms. The molecule has 0 aliphatic heterocycles. The lowest BCUT2D eigenvalue weighted by Gasteiger charge is -2.30. The highest BCUT2D eigenvalue weighted by Gasteiger charge is 2.32. The van der Waals surface area contributed by atoms with Crippen molar-refractivity contribution in [3.05, 3.63) is 70.3 Å². The summed E-state index contributed by atoms with van der Waals surface area (Å²) in [4.78, 5) is 22.9. The van der Waals surface area contributed by atoms with Gasteiger partial charge in [0.25, 0.3) is 5.69 Å². The van der Waals surface area contributed by atoms with E-state index in [1.54, 1.807) is 0 Å². The van der Waals surface area contributed by atoms with E-state index in [0.717, 1.165) is 34.8 Å². The number of nitro groups is 1. The molecule has 10 nitrogen and oxygen atoms in total. The Morgan fingerprint density at radius 2 is 1.68 bits per heavy atom. The van der Waals surface area contributed by atoms with Crippen molar-refractivity contribution in [2.24, 2.45) is 11.3 Å². The van der Waals surface area contributed by atoms with E-state index in [0.29, 0.717) is 6.42 Å². The maximum absolute atomic E-state index is 13.5. The van der Waals surface area contributed by atoms with E-state index in [1.807, 2.05) is 44.2 Å². The van der Waals surface area contributed by atoms with Crippen molar-refractivity contribution in [2.45, 2.75) is 77.3 Å². The SMILES string of the molecule is CC(C)CN(C[C@@H](O)[C@H](Cc1ccccc1)NC(=O)OCCCCC(C)(C)C)S(=O)(=O)c1ccc([N+](=O)[O-])cc1. The highest BCUT2D eigenvalue weighted by molar-refractivity contribution is 7.89. The van der Waals surface area contributed by atoms with Crippen LogP contribution in [0.25, 0.3) is 0 Å². The fourth-order valence-corrected chi connectivity index (χ4v) is 5.79. The van der Waals surface area contributed by atoms with Crippen molar-refractivity contribution in [1.29, 1.82) is 0 Å². The molecule has 0 fully saturated rings. The molecule has 1 amide bonds. The van der Waals surface area contributed by atoms with Crippen molar-refractivity contribution in [2.75, 3.05) is 19.7 Å². The number of sulfonamides is 1. The van der Waals surface area contributed by atoms with Crippen LogP contribution in [0.15, 0.2) is 59.5 Å². The normalized spacial score (nSPS) is 13.7. The smallest absolute Gasteiger partial charge is 0.407 e. The third kappa shape index (κ3) is 11.2. The van der Waals surface area contributed by atoms with Gasteiger partial charge in [-0.15, -0.1) is 0 Å². The molecule has 2 aromatic carbocycles. The Bertz CT molecular complexity index is 1180. The first-order chi connectivity index (χ1) is 18.7. The molecule has 2 atom stereocenters. The van der Waals surface area contributed by atoms with Crippen molar-refractivity contribution in [3.8, 4) is 0 Å². The number of unbranched alkanes of at least 4 members (excludes halogenated alkanes) is 1. The molecule has 0 heterocycles. The number of nitrogens with zero attached hydrogens (tertiary/aromatic N) is 2. The van der Waals surface area contributed by atoms with E-state index in [2.05, 4.69) is 26.1 Å². The quantitative estimate of drug-likeness (QED) is 0.169. The first-order valence-corrected chi connectivity index (χ1v) is 15.0. The van der Waals surface area contributed by atoms with Gasteiger partial charge in [-0.1, -0.05) is 65.0 Å².